The van der Waals surface area contributed by atoms with Gasteiger partial charge in [-0.05, 0) is 6.42 Å². The Morgan fingerprint density at radius 1 is 1.53 bits per heavy atom. The number of hydrogen-bond donors (Lipinski definition) is 1. The van der Waals surface area contributed by atoms with E-state index < -0.39 is 0 Å². The third kappa shape index (κ3) is 4.52. The monoisotopic (exact) mass is 239 g/mol. The molecule has 1 aromatic rings. The molecule has 6 nitrogen and oxygen atoms in total. The first-order valence-electron chi connectivity index (χ1n) is 5.92. The lowest BCUT2D eigenvalue weighted by atomic mass is 10.4. The molecule has 0 atom stereocenters. The van der Waals surface area contributed by atoms with Gasteiger partial charge in [-0.15, -0.1) is 0 Å². The van der Waals surface area contributed by atoms with Crippen molar-refractivity contribution in [1.82, 2.24) is 25.0 Å². The lowest BCUT2D eigenvalue weighted by Crippen LogP contribution is -2.27. The molecule has 17 heavy (non-hydrogen) atoms. The summed E-state index contributed by atoms with van der Waals surface area (Å²) in [6, 6.07) is 0. The number of carbonyl (C=O) groups excluding carboxylic acids is 1. The molecule has 0 unspecified atom stereocenters. The molecule has 0 aromatic carbocycles. The van der Waals surface area contributed by atoms with E-state index in [0.29, 0.717) is 19.5 Å². The predicted octanol–water partition coefficient (Wildman–Crippen LogP) is 0.256. The van der Waals surface area contributed by atoms with Crippen LogP contribution in [0.15, 0.2) is 6.33 Å². The van der Waals surface area contributed by atoms with Crippen LogP contribution in [-0.2, 0) is 17.9 Å². The minimum atomic E-state index is 0.132. The summed E-state index contributed by atoms with van der Waals surface area (Å²) in [6.07, 6.45) is 3.11. The molecule has 0 radical (unpaired) electrons. The average Bonchev–Trinajstić information content (AvgIpc) is 2.72. The minimum absolute atomic E-state index is 0.132. The lowest BCUT2D eigenvalue weighted by Gasteiger charge is -2.10. The van der Waals surface area contributed by atoms with E-state index in [-0.39, 0.29) is 5.91 Å². The normalized spacial score (nSPS) is 10.5. The van der Waals surface area contributed by atoms with Crippen molar-refractivity contribution in [2.45, 2.75) is 32.9 Å². The van der Waals surface area contributed by atoms with Crippen LogP contribution in [0.1, 0.15) is 25.6 Å². The maximum atomic E-state index is 11.3. The van der Waals surface area contributed by atoms with Gasteiger partial charge in [0.15, 0.2) is 0 Å². The standard InChI is InChI=1S/C11H21N5O/c1-4-7-16-10(13-9-14-16)8-12-6-5-11(17)15(2)3/h9,12H,4-8H2,1-3H3. The zero-order chi connectivity index (χ0) is 12.7. The summed E-state index contributed by atoms with van der Waals surface area (Å²) in [5.41, 5.74) is 0. The molecule has 0 saturated heterocycles. The summed E-state index contributed by atoms with van der Waals surface area (Å²) >= 11 is 0. The summed E-state index contributed by atoms with van der Waals surface area (Å²) in [5, 5.41) is 7.34. The Morgan fingerprint density at radius 3 is 2.94 bits per heavy atom. The third-order valence-electron chi connectivity index (χ3n) is 2.43. The van der Waals surface area contributed by atoms with E-state index in [1.807, 2.05) is 4.68 Å². The van der Waals surface area contributed by atoms with Crippen LogP contribution in [-0.4, -0.2) is 46.2 Å². The Morgan fingerprint density at radius 2 is 2.29 bits per heavy atom. The van der Waals surface area contributed by atoms with Crippen molar-refractivity contribution in [1.29, 1.82) is 0 Å². The number of hydrogen-bond acceptors (Lipinski definition) is 4. The highest BCUT2D eigenvalue weighted by molar-refractivity contribution is 5.75. The van der Waals surface area contributed by atoms with E-state index in [9.17, 15) is 4.79 Å². The quantitative estimate of drug-likeness (QED) is 0.693. The van der Waals surface area contributed by atoms with Crippen LogP contribution in [0.2, 0.25) is 0 Å². The molecule has 6 heteroatoms. The molecule has 0 spiro atoms. The molecule has 0 aliphatic heterocycles. The highest BCUT2D eigenvalue weighted by Crippen LogP contribution is 1.95. The minimum Gasteiger partial charge on any atom is -0.349 e. The first-order valence-corrected chi connectivity index (χ1v) is 5.92. The van der Waals surface area contributed by atoms with E-state index in [1.54, 1.807) is 25.3 Å². The third-order valence-corrected chi connectivity index (χ3v) is 2.43. The van der Waals surface area contributed by atoms with Gasteiger partial charge in [0, 0.05) is 33.6 Å². The van der Waals surface area contributed by atoms with Gasteiger partial charge in [0.05, 0.1) is 6.54 Å². The maximum absolute atomic E-state index is 11.3. The molecule has 1 heterocycles. The van der Waals surface area contributed by atoms with Crippen LogP contribution in [0.3, 0.4) is 0 Å². The molecule has 0 bridgehead atoms. The highest BCUT2D eigenvalue weighted by atomic mass is 16.2. The van der Waals surface area contributed by atoms with E-state index in [0.717, 1.165) is 18.8 Å². The molecule has 1 aromatic heterocycles. The summed E-state index contributed by atoms with van der Waals surface area (Å²) < 4.78 is 1.89. The first kappa shape index (κ1) is 13.6. The number of aryl methyl sites for hydroxylation is 1. The Kier molecular flexibility index (Phi) is 5.62. The van der Waals surface area contributed by atoms with E-state index in [4.69, 9.17) is 0 Å². The van der Waals surface area contributed by atoms with Gasteiger partial charge in [0.1, 0.15) is 12.2 Å². The molecular formula is C11H21N5O. The Labute approximate surface area is 102 Å². The van der Waals surface area contributed by atoms with Crippen molar-refractivity contribution in [3.63, 3.8) is 0 Å². The molecule has 0 aliphatic rings. The molecule has 1 amide bonds. The summed E-state index contributed by atoms with van der Waals surface area (Å²) in [6.45, 7) is 4.30. The van der Waals surface area contributed by atoms with Gasteiger partial charge in [0.25, 0.3) is 0 Å². The van der Waals surface area contributed by atoms with Crippen LogP contribution in [0.5, 0.6) is 0 Å². The van der Waals surface area contributed by atoms with Gasteiger partial charge >= 0.3 is 0 Å². The predicted molar refractivity (Wildman–Crippen MR) is 65.3 cm³/mol. The van der Waals surface area contributed by atoms with Crippen LogP contribution >= 0.6 is 0 Å². The van der Waals surface area contributed by atoms with Crippen LogP contribution in [0.4, 0.5) is 0 Å². The second-order valence-corrected chi connectivity index (χ2v) is 4.11. The van der Waals surface area contributed by atoms with E-state index in [2.05, 4.69) is 22.3 Å². The smallest absolute Gasteiger partial charge is 0.223 e. The van der Waals surface area contributed by atoms with E-state index >= 15 is 0 Å². The number of nitrogens with zero attached hydrogens (tertiary/aromatic N) is 4. The van der Waals surface area contributed by atoms with Crippen LogP contribution in [0.25, 0.3) is 0 Å². The van der Waals surface area contributed by atoms with Gasteiger partial charge < -0.3 is 10.2 Å². The van der Waals surface area contributed by atoms with Crippen LogP contribution in [0, 0.1) is 0 Å². The summed E-state index contributed by atoms with van der Waals surface area (Å²) in [5.74, 6) is 1.05. The van der Waals surface area contributed by atoms with E-state index in [1.165, 1.54) is 0 Å². The Bertz CT molecular complexity index is 347. The fourth-order valence-electron chi connectivity index (χ4n) is 1.44. The highest BCUT2D eigenvalue weighted by Gasteiger charge is 2.05. The number of amides is 1. The van der Waals surface area contributed by atoms with Gasteiger partial charge in [0.2, 0.25) is 5.91 Å². The fourth-order valence-corrected chi connectivity index (χ4v) is 1.44. The number of nitrogens with one attached hydrogen (secondary N) is 1. The number of rotatable bonds is 7. The number of carbonyl (C=O) groups is 1. The van der Waals surface area contributed by atoms with Gasteiger partial charge in [-0.25, -0.2) is 9.67 Å². The van der Waals surface area contributed by atoms with Crippen molar-refractivity contribution >= 4 is 5.91 Å². The number of aromatic nitrogens is 3. The van der Waals surface area contributed by atoms with Crippen LogP contribution < -0.4 is 5.32 Å². The molecule has 1 rings (SSSR count). The van der Waals surface area contributed by atoms with Crippen molar-refractivity contribution < 1.29 is 4.79 Å². The molecule has 1 N–H and O–H groups in total. The van der Waals surface area contributed by atoms with Gasteiger partial charge in [-0.2, -0.15) is 5.10 Å². The molecule has 0 saturated carbocycles. The first-order chi connectivity index (χ1) is 8.15. The maximum Gasteiger partial charge on any atom is 0.223 e. The topological polar surface area (TPSA) is 63.1 Å². The molecular weight excluding hydrogens is 218 g/mol. The largest absolute Gasteiger partial charge is 0.349 e. The Balaban J connectivity index is 2.26. The van der Waals surface area contributed by atoms with Gasteiger partial charge in [-0.1, -0.05) is 6.92 Å². The Hall–Kier alpha value is -1.43. The second-order valence-electron chi connectivity index (χ2n) is 4.11. The van der Waals surface area contributed by atoms with Crippen molar-refractivity contribution in [3.8, 4) is 0 Å². The molecule has 0 aliphatic carbocycles. The van der Waals surface area contributed by atoms with Crippen molar-refractivity contribution in [2.24, 2.45) is 0 Å². The van der Waals surface area contributed by atoms with Crippen molar-refractivity contribution in [2.75, 3.05) is 20.6 Å². The lowest BCUT2D eigenvalue weighted by molar-refractivity contribution is -0.128. The fraction of sp³-hybridized carbons (Fsp3) is 0.727. The zero-order valence-electron chi connectivity index (χ0n) is 10.8. The summed E-state index contributed by atoms with van der Waals surface area (Å²) in [7, 11) is 3.53. The molecule has 96 valence electrons. The van der Waals surface area contributed by atoms with Crippen molar-refractivity contribution in [3.05, 3.63) is 12.2 Å². The SMILES string of the molecule is CCCn1ncnc1CNCCC(=O)N(C)C. The second kappa shape index (κ2) is 7.01. The zero-order valence-corrected chi connectivity index (χ0v) is 10.8. The molecule has 0 fully saturated rings. The average molecular weight is 239 g/mol. The summed E-state index contributed by atoms with van der Waals surface area (Å²) in [4.78, 5) is 17.1. The van der Waals surface area contributed by atoms with Gasteiger partial charge in [-0.3, -0.25) is 4.79 Å².